The van der Waals surface area contributed by atoms with Gasteiger partial charge in [-0.3, -0.25) is 9.59 Å². The summed E-state index contributed by atoms with van der Waals surface area (Å²) in [5, 5.41) is 13.1. The number of aryl methyl sites for hydroxylation is 2. The molecule has 0 saturated carbocycles. The van der Waals surface area contributed by atoms with E-state index in [1.807, 2.05) is 41.5 Å². The molecule has 190 valence electrons. The van der Waals surface area contributed by atoms with E-state index < -0.39 is 22.7 Å². The van der Waals surface area contributed by atoms with E-state index in [0.717, 1.165) is 0 Å². The minimum atomic E-state index is -1.38. The molecule has 0 aliphatic heterocycles. The molecule has 0 aliphatic rings. The molecule has 0 saturated heterocycles. The fraction of sp³-hybridized carbons (Fsp3) is 0.700. The summed E-state index contributed by atoms with van der Waals surface area (Å²) in [6.07, 6.45) is 1.05. The summed E-state index contributed by atoms with van der Waals surface area (Å²) in [5.74, 6) is 1.45. The molecule has 2 heterocycles. The maximum absolute atomic E-state index is 11.5. The van der Waals surface area contributed by atoms with E-state index in [4.69, 9.17) is 18.5 Å². The van der Waals surface area contributed by atoms with Gasteiger partial charge in [0.1, 0.15) is 0 Å². The van der Waals surface area contributed by atoms with Gasteiger partial charge < -0.3 is 29.2 Å². The predicted molar refractivity (Wildman–Crippen MR) is 126 cm³/mol. The zero-order valence-electron chi connectivity index (χ0n) is 20.6. The van der Waals surface area contributed by atoms with Crippen molar-refractivity contribution in [2.24, 2.45) is 0 Å². The average molecular weight is 517 g/mol. The van der Waals surface area contributed by atoms with E-state index in [2.05, 4.69) is 30.9 Å². The molecule has 0 aliphatic carbocycles. The van der Waals surface area contributed by atoms with Gasteiger partial charge in [-0.15, -0.1) is 0 Å². The van der Waals surface area contributed by atoms with Gasteiger partial charge in [-0.05, 0) is 55.4 Å². The van der Waals surface area contributed by atoms with Crippen molar-refractivity contribution >= 4 is 34.4 Å². The zero-order valence-corrected chi connectivity index (χ0v) is 22.3. The van der Waals surface area contributed by atoms with Crippen molar-refractivity contribution in [3.8, 4) is 0 Å². The summed E-state index contributed by atoms with van der Waals surface area (Å²) in [5.41, 5.74) is -4.07. The topological polar surface area (TPSA) is 154 Å². The lowest BCUT2D eigenvalue weighted by Crippen LogP contribution is -2.51. The lowest BCUT2D eigenvalue weighted by molar-refractivity contribution is -0.162. The van der Waals surface area contributed by atoms with Crippen LogP contribution in [-0.4, -0.2) is 55.8 Å². The molecular weight excluding hydrogens is 484 g/mol. The maximum Gasteiger partial charge on any atom is 0.280 e. The summed E-state index contributed by atoms with van der Waals surface area (Å²) >= 11 is 0. The van der Waals surface area contributed by atoms with Crippen LogP contribution in [0.4, 0.5) is 0 Å². The second kappa shape index (κ2) is 11.1. The molecule has 2 rings (SSSR count). The fourth-order valence-corrected chi connectivity index (χ4v) is 5.47. The molecule has 0 unspecified atom stereocenters. The summed E-state index contributed by atoms with van der Waals surface area (Å²) < 4.78 is 23.1. The second-order valence-electron chi connectivity index (χ2n) is 9.43. The third-order valence-electron chi connectivity index (χ3n) is 3.90. The van der Waals surface area contributed by atoms with Crippen molar-refractivity contribution in [3.63, 3.8) is 0 Å². The Morgan fingerprint density at radius 2 is 1.12 bits per heavy atom. The molecule has 34 heavy (non-hydrogen) atoms. The number of carbonyl (C=O) groups is 2. The number of rotatable bonds is 13. The third kappa shape index (κ3) is 7.68. The highest BCUT2D eigenvalue weighted by atomic mass is 33.1. The van der Waals surface area contributed by atoms with Crippen LogP contribution in [0.15, 0.2) is 9.05 Å². The van der Waals surface area contributed by atoms with Crippen LogP contribution >= 0.6 is 21.6 Å². The Hall–Kier alpha value is -2.16. The normalized spacial score (nSPS) is 15.9. The SMILES string of the molecule is Cc1noc([C@](CSSC[C@@](NC=O)(OC(C)(C)C)c2nc(C)no2)(NC=O)OC(C)(C)C)n1. The van der Waals surface area contributed by atoms with Gasteiger partial charge >= 0.3 is 0 Å². The smallest absolute Gasteiger partial charge is 0.280 e. The van der Waals surface area contributed by atoms with Gasteiger partial charge in [0.25, 0.3) is 11.8 Å². The average Bonchev–Trinajstić information content (AvgIpc) is 3.32. The molecule has 0 spiro atoms. The highest BCUT2D eigenvalue weighted by molar-refractivity contribution is 8.76. The molecule has 2 aromatic rings. The number of hydrogen-bond acceptors (Lipinski definition) is 12. The van der Waals surface area contributed by atoms with Gasteiger partial charge in [0, 0.05) is 0 Å². The first-order valence-corrected chi connectivity index (χ1v) is 12.9. The zero-order chi connectivity index (χ0) is 25.6. The van der Waals surface area contributed by atoms with Crippen LogP contribution in [-0.2, 0) is 30.5 Å². The Kier molecular flexibility index (Phi) is 9.13. The molecule has 0 radical (unpaired) electrons. The van der Waals surface area contributed by atoms with Gasteiger partial charge in [-0.1, -0.05) is 31.9 Å². The van der Waals surface area contributed by atoms with E-state index in [-0.39, 0.29) is 23.3 Å². The second-order valence-corrected chi connectivity index (χ2v) is 11.9. The van der Waals surface area contributed by atoms with E-state index in [1.165, 1.54) is 21.6 Å². The molecule has 2 N–H and O–H groups in total. The Labute approximate surface area is 206 Å². The molecule has 0 fully saturated rings. The minimum Gasteiger partial charge on any atom is -0.341 e. The standard InChI is InChI=1S/C20H32N6O6S2/c1-13-23-15(29-25-13)19(21-11-27,31-17(3,4)5)9-33-34-10-20(22-12-28,32-18(6,7)8)16-24-14(2)26-30-16/h11-12H,9-10H2,1-8H3,(H,21,27)(H,22,28)/t19-,20-/m1/s1. The summed E-state index contributed by atoms with van der Waals surface area (Å²) in [6.45, 7) is 14.5. The lowest BCUT2D eigenvalue weighted by Gasteiger charge is -2.37. The Morgan fingerprint density at radius 3 is 1.35 bits per heavy atom. The van der Waals surface area contributed by atoms with Crippen molar-refractivity contribution in [3.05, 3.63) is 23.4 Å². The van der Waals surface area contributed by atoms with Crippen molar-refractivity contribution in [2.45, 2.75) is 78.0 Å². The van der Waals surface area contributed by atoms with Crippen LogP contribution in [0.3, 0.4) is 0 Å². The van der Waals surface area contributed by atoms with Gasteiger partial charge in [-0.25, -0.2) is 0 Å². The van der Waals surface area contributed by atoms with Crippen LogP contribution in [0.1, 0.15) is 65.0 Å². The number of nitrogens with one attached hydrogen (secondary N) is 2. The monoisotopic (exact) mass is 516 g/mol. The first-order chi connectivity index (χ1) is 15.7. The molecule has 0 bridgehead atoms. The Bertz CT molecular complexity index is 880. The van der Waals surface area contributed by atoms with E-state index in [1.54, 1.807) is 13.8 Å². The summed E-state index contributed by atoms with van der Waals surface area (Å²) in [7, 11) is 2.68. The number of carbonyl (C=O) groups excluding carboxylic acids is 2. The summed E-state index contributed by atoms with van der Waals surface area (Å²) in [6, 6.07) is 0. The first-order valence-electron chi connectivity index (χ1n) is 10.4. The van der Waals surface area contributed by atoms with Crippen molar-refractivity contribution in [1.29, 1.82) is 0 Å². The van der Waals surface area contributed by atoms with Crippen LogP contribution in [0.2, 0.25) is 0 Å². The highest BCUT2D eigenvalue weighted by Crippen LogP contribution is 2.39. The predicted octanol–water partition coefficient (Wildman–Crippen LogP) is 2.58. The Morgan fingerprint density at radius 1 is 0.765 bits per heavy atom. The quantitative estimate of drug-likeness (QED) is 0.174. The molecule has 0 aromatic carbocycles. The van der Waals surface area contributed by atoms with Crippen LogP contribution in [0, 0.1) is 13.8 Å². The van der Waals surface area contributed by atoms with Crippen molar-refractivity contribution in [2.75, 3.05) is 11.5 Å². The summed E-state index contributed by atoms with van der Waals surface area (Å²) in [4.78, 5) is 31.6. The van der Waals surface area contributed by atoms with Gasteiger partial charge in [0.05, 0.1) is 22.7 Å². The fourth-order valence-electron chi connectivity index (χ4n) is 2.94. The van der Waals surface area contributed by atoms with Crippen LogP contribution < -0.4 is 10.6 Å². The molecule has 2 aromatic heterocycles. The molecular formula is C20H32N6O6S2. The third-order valence-corrected chi connectivity index (χ3v) is 6.32. The Balaban J connectivity index is 2.29. The van der Waals surface area contributed by atoms with Crippen LogP contribution in [0.5, 0.6) is 0 Å². The van der Waals surface area contributed by atoms with Crippen molar-refractivity contribution in [1.82, 2.24) is 30.9 Å². The van der Waals surface area contributed by atoms with Gasteiger partial charge in [-0.2, -0.15) is 9.97 Å². The van der Waals surface area contributed by atoms with Crippen LogP contribution in [0.25, 0.3) is 0 Å². The highest BCUT2D eigenvalue weighted by Gasteiger charge is 2.45. The maximum atomic E-state index is 11.5. The largest absolute Gasteiger partial charge is 0.341 e. The molecule has 14 heteroatoms. The molecule has 2 atom stereocenters. The lowest BCUT2D eigenvalue weighted by atomic mass is 10.1. The number of nitrogens with zero attached hydrogens (tertiary/aromatic N) is 4. The molecule has 2 amide bonds. The minimum absolute atomic E-state index is 0.121. The van der Waals surface area contributed by atoms with E-state index >= 15 is 0 Å². The van der Waals surface area contributed by atoms with E-state index in [0.29, 0.717) is 24.5 Å². The van der Waals surface area contributed by atoms with Gasteiger partial charge in [0.15, 0.2) is 11.6 Å². The number of amides is 2. The first kappa shape index (κ1) is 28.1. The van der Waals surface area contributed by atoms with Gasteiger partial charge in [0.2, 0.25) is 24.3 Å². The number of hydrogen-bond donors (Lipinski definition) is 2. The number of ether oxygens (including phenoxy) is 2. The number of aromatic nitrogens is 4. The molecule has 12 nitrogen and oxygen atoms in total. The van der Waals surface area contributed by atoms with E-state index in [9.17, 15) is 9.59 Å². The van der Waals surface area contributed by atoms with Crippen molar-refractivity contribution < 1.29 is 28.1 Å².